The van der Waals surface area contributed by atoms with E-state index in [2.05, 4.69) is 24.8 Å². The molecule has 2 aliphatic carbocycles. The fraction of sp³-hybridized carbons (Fsp3) is 0.773. The van der Waals surface area contributed by atoms with Crippen molar-refractivity contribution in [2.24, 2.45) is 5.92 Å². The monoisotopic (exact) mass is 472 g/mol. The van der Waals surface area contributed by atoms with Gasteiger partial charge in [0.25, 0.3) is 0 Å². The Morgan fingerprint density at radius 1 is 1.09 bits per heavy atom. The highest BCUT2D eigenvalue weighted by molar-refractivity contribution is 6.18. The molecule has 33 heavy (non-hydrogen) atoms. The highest BCUT2D eigenvalue weighted by atomic mass is 16.5. The van der Waals surface area contributed by atoms with E-state index in [1.165, 1.54) is 7.11 Å². The second kappa shape index (κ2) is 13.2. The molecule has 1 atom stereocenters. The van der Waals surface area contributed by atoms with Crippen molar-refractivity contribution in [2.75, 3.05) is 34.0 Å². The molecule has 3 rings (SSSR count). The lowest BCUT2D eigenvalue weighted by Crippen LogP contribution is -2.53. The minimum absolute atomic E-state index is 0.0552. The van der Waals surface area contributed by atoms with Gasteiger partial charge in [-0.05, 0) is 46.0 Å². The molecule has 1 aliphatic heterocycles. The summed E-state index contributed by atoms with van der Waals surface area (Å²) in [5.74, 6) is -3.66. The van der Waals surface area contributed by atoms with Crippen LogP contribution >= 0.6 is 0 Å². The van der Waals surface area contributed by atoms with Crippen LogP contribution in [0.15, 0.2) is 0 Å². The Labute approximate surface area is 193 Å². The van der Waals surface area contributed by atoms with Gasteiger partial charge in [-0.15, -0.1) is 0 Å². The Morgan fingerprint density at radius 3 is 2.09 bits per heavy atom. The van der Waals surface area contributed by atoms with Crippen LogP contribution in [0.3, 0.4) is 0 Å². The zero-order valence-electron chi connectivity index (χ0n) is 19.9. The van der Waals surface area contributed by atoms with Gasteiger partial charge in [0.15, 0.2) is 11.7 Å². The molecule has 3 fully saturated rings. The highest BCUT2D eigenvalue weighted by Crippen LogP contribution is 2.42. The van der Waals surface area contributed by atoms with E-state index >= 15 is 0 Å². The lowest BCUT2D eigenvalue weighted by molar-refractivity contribution is -0.156. The van der Waals surface area contributed by atoms with E-state index in [4.69, 9.17) is 5.11 Å². The van der Waals surface area contributed by atoms with Crippen molar-refractivity contribution in [1.82, 2.24) is 10.6 Å². The predicted molar refractivity (Wildman–Crippen MR) is 116 cm³/mol. The van der Waals surface area contributed by atoms with Gasteiger partial charge in [-0.3, -0.25) is 24.0 Å². The molecule has 1 saturated heterocycles. The van der Waals surface area contributed by atoms with E-state index in [9.17, 15) is 24.0 Å². The Morgan fingerprint density at radius 2 is 1.70 bits per heavy atom. The summed E-state index contributed by atoms with van der Waals surface area (Å²) in [6.45, 7) is 4.82. The minimum atomic E-state index is -1.24. The first-order valence-electron chi connectivity index (χ1n) is 11.1. The molecular formula is C22H36N2O9. The second-order valence-electron chi connectivity index (χ2n) is 8.23. The number of rotatable bonds is 8. The predicted octanol–water partition coefficient (Wildman–Crippen LogP) is 0.0207. The molecule has 1 unspecified atom stereocenters. The Bertz CT molecular complexity index is 693. The largest absolute Gasteiger partial charge is 0.468 e. The molecule has 0 aromatic rings. The number of hydrogen-bond donors (Lipinski definition) is 3. The van der Waals surface area contributed by atoms with Crippen LogP contribution < -0.4 is 10.6 Å². The Balaban J connectivity index is 0.000000285. The summed E-state index contributed by atoms with van der Waals surface area (Å²) in [6, 6.07) is 0. The molecule has 1 heterocycles. The van der Waals surface area contributed by atoms with Crippen LogP contribution in [0.1, 0.15) is 58.8 Å². The van der Waals surface area contributed by atoms with Crippen LogP contribution in [0.5, 0.6) is 0 Å². The van der Waals surface area contributed by atoms with Gasteiger partial charge in [0.2, 0.25) is 11.8 Å². The topological polar surface area (TPSA) is 157 Å². The van der Waals surface area contributed by atoms with Crippen LogP contribution in [-0.2, 0) is 38.2 Å². The highest BCUT2D eigenvalue weighted by Gasteiger charge is 2.54. The maximum Gasteiger partial charge on any atom is 0.325 e. The molecule has 2 amide bonds. The molecule has 0 bridgehead atoms. The average molecular weight is 473 g/mol. The van der Waals surface area contributed by atoms with Crippen molar-refractivity contribution < 1.29 is 43.3 Å². The quantitative estimate of drug-likeness (QED) is 0.327. The summed E-state index contributed by atoms with van der Waals surface area (Å²) in [5, 5.41) is 14.2. The number of nitrogens with one attached hydrogen (secondary N) is 2. The standard InChI is InChI=1S/C10H17NO4.C9H11NO4.C3H8O/c1-2-15-9(14)7-8(13)11-10(3-4-10)5-6-12;1-14-8(13)6-5(11)4-9(2-3-9)10-7(6)12;1-3-4-2/h12H,2-7H2,1H3,(H,11,13);6H,2-4H2,1H3,(H,10,12);3H2,1-2H3. The van der Waals surface area contributed by atoms with Gasteiger partial charge in [0.1, 0.15) is 6.42 Å². The number of carbonyl (C=O) groups is 5. The maximum absolute atomic E-state index is 11.5. The molecule has 11 nitrogen and oxygen atoms in total. The van der Waals surface area contributed by atoms with Crippen LogP contribution in [0.2, 0.25) is 0 Å². The summed E-state index contributed by atoms with van der Waals surface area (Å²) in [5.41, 5.74) is -0.572. The van der Waals surface area contributed by atoms with E-state index in [1.807, 2.05) is 6.92 Å². The smallest absolute Gasteiger partial charge is 0.325 e. The number of hydrogen-bond acceptors (Lipinski definition) is 9. The number of esters is 2. The van der Waals surface area contributed by atoms with Crippen LogP contribution in [0, 0.1) is 5.92 Å². The number of ether oxygens (including phenoxy) is 3. The molecule has 0 aromatic carbocycles. The Kier molecular flexibility index (Phi) is 11.4. The third-order valence-corrected chi connectivity index (χ3v) is 5.52. The third-order valence-electron chi connectivity index (χ3n) is 5.52. The lowest BCUT2D eigenvalue weighted by atomic mass is 9.91. The normalized spacial score (nSPS) is 20.7. The van der Waals surface area contributed by atoms with Crippen molar-refractivity contribution >= 4 is 29.5 Å². The summed E-state index contributed by atoms with van der Waals surface area (Å²) in [6.07, 6.45) is 4.00. The number of Topliss-reactive ketones (excluding diaryl/α,β-unsaturated/α-hetero) is 1. The molecule has 0 radical (unpaired) electrons. The fourth-order valence-electron chi connectivity index (χ4n) is 3.25. The van der Waals surface area contributed by atoms with Gasteiger partial charge in [0.05, 0.1) is 13.7 Å². The van der Waals surface area contributed by atoms with Crippen LogP contribution in [-0.4, -0.2) is 79.8 Å². The van der Waals surface area contributed by atoms with Crippen molar-refractivity contribution in [3.8, 4) is 0 Å². The van der Waals surface area contributed by atoms with Gasteiger partial charge in [0, 0.05) is 37.8 Å². The van der Waals surface area contributed by atoms with Crippen LogP contribution in [0.4, 0.5) is 0 Å². The number of aliphatic hydroxyl groups is 1. The number of carbonyl (C=O) groups excluding carboxylic acids is 5. The fourth-order valence-corrected chi connectivity index (χ4v) is 3.25. The van der Waals surface area contributed by atoms with Gasteiger partial charge in [-0.25, -0.2) is 0 Å². The third kappa shape index (κ3) is 9.47. The summed E-state index contributed by atoms with van der Waals surface area (Å²) < 4.78 is 13.6. The summed E-state index contributed by atoms with van der Waals surface area (Å²) >= 11 is 0. The van der Waals surface area contributed by atoms with E-state index in [0.717, 1.165) is 32.3 Å². The molecule has 0 aromatic heterocycles. The van der Waals surface area contributed by atoms with Gasteiger partial charge < -0.3 is 30.0 Å². The molecule has 11 heteroatoms. The first kappa shape index (κ1) is 28.5. The molecular weight excluding hydrogens is 436 g/mol. The van der Waals surface area contributed by atoms with Crippen molar-refractivity contribution in [2.45, 2.75) is 69.9 Å². The molecule has 1 spiro atoms. The SMILES string of the molecule is CCOC.CCOC(=O)CC(=O)NC1(CCO)CC1.COC(=O)C1C(=O)CC2(CC2)NC1=O. The summed E-state index contributed by atoms with van der Waals surface area (Å²) in [4.78, 5) is 56.4. The number of aliphatic hydroxyl groups excluding tert-OH is 1. The van der Waals surface area contributed by atoms with E-state index in [-0.39, 0.29) is 48.8 Å². The van der Waals surface area contributed by atoms with Crippen molar-refractivity contribution in [1.29, 1.82) is 0 Å². The minimum Gasteiger partial charge on any atom is -0.468 e. The second-order valence-corrected chi connectivity index (χ2v) is 8.23. The van der Waals surface area contributed by atoms with Gasteiger partial charge in [-0.1, -0.05) is 0 Å². The van der Waals surface area contributed by atoms with Gasteiger partial charge in [-0.2, -0.15) is 0 Å². The first-order chi connectivity index (χ1) is 15.6. The molecule has 3 aliphatic rings. The van der Waals surface area contributed by atoms with E-state index in [1.54, 1.807) is 14.0 Å². The zero-order valence-corrected chi connectivity index (χ0v) is 19.9. The van der Waals surface area contributed by atoms with Crippen molar-refractivity contribution in [3.63, 3.8) is 0 Å². The number of ketones is 1. The van der Waals surface area contributed by atoms with E-state index < -0.39 is 23.8 Å². The van der Waals surface area contributed by atoms with E-state index in [0.29, 0.717) is 6.42 Å². The van der Waals surface area contributed by atoms with Gasteiger partial charge >= 0.3 is 11.9 Å². The lowest BCUT2D eigenvalue weighted by Gasteiger charge is -2.26. The average Bonchev–Trinajstić information content (AvgIpc) is 3.67. The maximum atomic E-state index is 11.5. The molecule has 3 N–H and O–H groups in total. The first-order valence-corrected chi connectivity index (χ1v) is 11.1. The molecule has 2 saturated carbocycles. The number of piperidine rings is 1. The number of amides is 2. The Hall–Kier alpha value is -2.53. The molecule has 188 valence electrons. The summed E-state index contributed by atoms with van der Waals surface area (Å²) in [7, 11) is 2.85. The van der Waals surface area contributed by atoms with Crippen LogP contribution in [0.25, 0.3) is 0 Å². The zero-order chi connectivity index (χ0) is 25.1. The van der Waals surface area contributed by atoms with Crippen molar-refractivity contribution in [3.05, 3.63) is 0 Å². The number of methoxy groups -OCH3 is 2.